The van der Waals surface area contributed by atoms with Gasteiger partial charge in [0, 0.05) is 29.9 Å². The Labute approximate surface area is 248 Å². The number of hydrogen-bond acceptors (Lipinski definition) is 5. The second-order valence-corrected chi connectivity index (χ2v) is 13.7. The molecule has 5 rings (SSSR count). The van der Waals surface area contributed by atoms with Crippen LogP contribution in [0.15, 0.2) is 47.4 Å². The number of piperazine rings is 1. The van der Waals surface area contributed by atoms with Crippen molar-refractivity contribution in [1.29, 1.82) is 0 Å². The van der Waals surface area contributed by atoms with Crippen LogP contribution >= 0.6 is 23.2 Å². The summed E-state index contributed by atoms with van der Waals surface area (Å²) in [6.45, 7) is 3.12. The molecule has 3 aliphatic rings. The lowest BCUT2D eigenvalue weighted by atomic mass is 9.84. The molecule has 2 aromatic carbocycles. The Balaban J connectivity index is 1.60. The molecule has 2 aliphatic heterocycles. The first kappa shape index (κ1) is 29.8. The number of amides is 3. The predicted molar refractivity (Wildman–Crippen MR) is 151 cm³/mol. The fraction of sp³-hybridized carbons (Fsp3) is 0.464. The van der Waals surface area contributed by atoms with E-state index in [1.807, 2.05) is 13.8 Å². The van der Waals surface area contributed by atoms with Gasteiger partial charge in [-0.25, -0.2) is 12.8 Å². The lowest BCUT2D eigenvalue weighted by Crippen LogP contribution is -2.76. The number of halogens is 3. The van der Waals surface area contributed by atoms with Crippen molar-refractivity contribution in [2.75, 3.05) is 13.1 Å². The van der Waals surface area contributed by atoms with E-state index >= 15 is 0 Å². The Hall–Kier alpha value is -2.73. The van der Waals surface area contributed by atoms with E-state index in [0.29, 0.717) is 23.4 Å². The minimum atomic E-state index is -4.50. The highest BCUT2D eigenvalue weighted by Gasteiger charge is 2.54. The first-order valence-electron chi connectivity index (χ1n) is 13.5. The number of hydrogen-bond donors (Lipinski definition) is 1. The molecule has 2 heterocycles. The molecule has 2 saturated heterocycles. The zero-order valence-electron chi connectivity index (χ0n) is 22.6. The number of benzene rings is 2. The molecule has 9 nitrogen and oxygen atoms in total. The standard InChI is InChI=1S/C28H31Cl2FN4O5S/c1-16(2)33-15-25-34(41(39,40)24-13-20(31)10-11-21(24)30)14-22(32-26(36)18-4-3-5-18)27(37)35(25)23(28(33)38)12-17-6-8-19(29)9-7-17/h6-11,13,16,18,22-23,25H,3-5,12,14-15H2,1-2H3,(H,32,36). The minimum Gasteiger partial charge on any atom is -0.343 e. The van der Waals surface area contributed by atoms with Crippen molar-refractivity contribution in [2.45, 2.75) is 68.7 Å². The third-order valence-corrected chi connectivity index (χ3v) is 10.7. The average Bonchev–Trinajstić information content (AvgIpc) is 2.88. The Morgan fingerprint density at radius 1 is 1.05 bits per heavy atom. The summed E-state index contributed by atoms with van der Waals surface area (Å²) in [5.74, 6) is -2.28. The summed E-state index contributed by atoms with van der Waals surface area (Å²) in [6, 6.07) is 7.26. The van der Waals surface area contributed by atoms with Crippen LogP contribution in [0.1, 0.15) is 38.7 Å². The molecule has 13 heteroatoms. The van der Waals surface area contributed by atoms with Gasteiger partial charge >= 0.3 is 0 Å². The summed E-state index contributed by atoms with van der Waals surface area (Å²) >= 11 is 12.3. The average molecular weight is 626 g/mol. The lowest BCUT2D eigenvalue weighted by Gasteiger charge is -2.54. The van der Waals surface area contributed by atoms with Crippen molar-refractivity contribution < 1.29 is 27.2 Å². The van der Waals surface area contributed by atoms with Crippen molar-refractivity contribution in [1.82, 2.24) is 19.4 Å². The second-order valence-electron chi connectivity index (χ2n) is 11.0. The van der Waals surface area contributed by atoms with E-state index in [1.54, 1.807) is 24.3 Å². The maximum atomic E-state index is 14.2. The van der Waals surface area contributed by atoms with Gasteiger partial charge in [-0.2, -0.15) is 4.31 Å². The Morgan fingerprint density at radius 2 is 1.73 bits per heavy atom. The third kappa shape index (κ3) is 5.69. The smallest absolute Gasteiger partial charge is 0.248 e. The van der Waals surface area contributed by atoms with Gasteiger partial charge in [0.25, 0.3) is 0 Å². The number of fused-ring (bicyclic) bond motifs is 1. The van der Waals surface area contributed by atoms with E-state index in [1.165, 1.54) is 9.80 Å². The van der Waals surface area contributed by atoms with Gasteiger partial charge in [-0.3, -0.25) is 14.4 Å². The maximum absolute atomic E-state index is 14.2. The molecule has 0 spiro atoms. The van der Waals surface area contributed by atoms with E-state index in [0.717, 1.165) is 28.9 Å². The summed E-state index contributed by atoms with van der Waals surface area (Å²) in [5, 5.41) is 3.06. The number of nitrogens with zero attached hydrogens (tertiary/aromatic N) is 3. The number of carbonyl (C=O) groups excluding carboxylic acids is 3. The molecule has 220 valence electrons. The predicted octanol–water partition coefficient (Wildman–Crippen LogP) is 3.44. The SMILES string of the molecule is CC(C)N1CC2N(C(=O)C(NC(=O)C3CCC3)CN2S(=O)(=O)c2cc(F)ccc2Cl)C(Cc2ccc(Cl)cc2)C1=O. The van der Waals surface area contributed by atoms with E-state index < -0.39 is 44.9 Å². The van der Waals surface area contributed by atoms with Gasteiger partial charge in [0.2, 0.25) is 27.7 Å². The van der Waals surface area contributed by atoms with E-state index in [4.69, 9.17) is 23.2 Å². The Kier molecular flexibility index (Phi) is 8.35. The fourth-order valence-corrected chi connectivity index (χ4v) is 7.78. The first-order chi connectivity index (χ1) is 19.4. The first-order valence-corrected chi connectivity index (χ1v) is 15.7. The minimum absolute atomic E-state index is 0.0966. The molecule has 3 amide bonds. The molecule has 1 aliphatic carbocycles. The molecule has 3 unspecified atom stereocenters. The summed E-state index contributed by atoms with van der Waals surface area (Å²) in [7, 11) is -4.50. The van der Waals surface area contributed by atoms with Gasteiger partial charge in [-0.1, -0.05) is 41.8 Å². The number of sulfonamides is 1. The summed E-state index contributed by atoms with van der Waals surface area (Å²) < 4.78 is 43.6. The number of nitrogens with one attached hydrogen (secondary N) is 1. The molecule has 0 aromatic heterocycles. The molecular weight excluding hydrogens is 594 g/mol. The van der Waals surface area contributed by atoms with E-state index in [2.05, 4.69) is 5.32 Å². The van der Waals surface area contributed by atoms with Gasteiger partial charge in [0.15, 0.2) is 0 Å². The van der Waals surface area contributed by atoms with Crippen molar-refractivity contribution in [2.24, 2.45) is 5.92 Å². The number of carbonyl (C=O) groups is 3. The van der Waals surface area contributed by atoms with Crippen LogP contribution in [0.25, 0.3) is 0 Å². The van der Waals surface area contributed by atoms with Gasteiger partial charge in [0.05, 0.1) is 11.6 Å². The van der Waals surface area contributed by atoms with E-state index in [-0.39, 0.29) is 48.3 Å². The highest BCUT2D eigenvalue weighted by atomic mass is 35.5. The highest BCUT2D eigenvalue weighted by molar-refractivity contribution is 7.89. The van der Waals surface area contributed by atoms with Crippen LogP contribution < -0.4 is 5.32 Å². The van der Waals surface area contributed by atoms with Crippen molar-refractivity contribution in [3.63, 3.8) is 0 Å². The van der Waals surface area contributed by atoms with Crippen LogP contribution in [-0.2, 0) is 30.8 Å². The lowest BCUT2D eigenvalue weighted by molar-refractivity contribution is -0.169. The second kappa shape index (κ2) is 11.5. The summed E-state index contributed by atoms with van der Waals surface area (Å²) in [5.41, 5.74) is 0.716. The monoisotopic (exact) mass is 624 g/mol. The molecule has 3 atom stereocenters. The normalized spacial score (nSPS) is 23.9. The van der Waals surface area contributed by atoms with Gasteiger partial charge < -0.3 is 15.1 Å². The Morgan fingerprint density at radius 3 is 2.34 bits per heavy atom. The fourth-order valence-electron chi connectivity index (χ4n) is 5.58. The van der Waals surface area contributed by atoms with Gasteiger partial charge in [0.1, 0.15) is 29.0 Å². The molecular formula is C28H31Cl2FN4O5S. The highest BCUT2D eigenvalue weighted by Crippen LogP contribution is 2.35. The van der Waals surface area contributed by atoms with Crippen LogP contribution in [0.5, 0.6) is 0 Å². The zero-order chi connectivity index (χ0) is 29.6. The molecule has 1 saturated carbocycles. The van der Waals surface area contributed by atoms with Crippen LogP contribution in [0.3, 0.4) is 0 Å². The van der Waals surface area contributed by atoms with Crippen LogP contribution in [-0.4, -0.2) is 77.6 Å². The summed E-state index contributed by atoms with van der Waals surface area (Å²) in [4.78, 5) is 43.2. The Bertz CT molecular complexity index is 1470. The largest absolute Gasteiger partial charge is 0.343 e. The molecule has 0 bridgehead atoms. The number of rotatable bonds is 7. The molecule has 41 heavy (non-hydrogen) atoms. The van der Waals surface area contributed by atoms with Crippen LogP contribution in [0.4, 0.5) is 4.39 Å². The molecule has 1 N–H and O–H groups in total. The van der Waals surface area contributed by atoms with Crippen molar-refractivity contribution in [3.05, 3.63) is 63.9 Å². The van der Waals surface area contributed by atoms with Crippen LogP contribution in [0, 0.1) is 11.7 Å². The van der Waals surface area contributed by atoms with Crippen molar-refractivity contribution >= 4 is 50.9 Å². The molecule has 0 radical (unpaired) electrons. The maximum Gasteiger partial charge on any atom is 0.248 e. The van der Waals surface area contributed by atoms with E-state index in [9.17, 15) is 27.2 Å². The molecule has 2 aromatic rings. The van der Waals surface area contributed by atoms with Gasteiger partial charge in [-0.05, 0) is 62.6 Å². The third-order valence-electron chi connectivity index (χ3n) is 8.07. The zero-order valence-corrected chi connectivity index (χ0v) is 24.9. The quantitative estimate of drug-likeness (QED) is 0.508. The summed E-state index contributed by atoms with van der Waals surface area (Å²) in [6.07, 6.45) is 1.24. The topological polar surface area (TPSA) is 107 Å². The van der Waals surface area contributed by atoms with Crippen molar-refractivity contribution in [3.8, 4) is 0 Å². The molecule has 3 fully saturated rings. The van der Waals surface area contributed by atoms with Gasteiger partial charge in [-0.15, -0.1) is 0 Å². The van der Waals surface area contributed by atoms with Crippen LogP contribution in [0.2, 0.25) is 10.0 Å².